The first-order chi connectivity index (χ1) is 11.5. The van der Waals surface area contributed by atoms with Crippen molar-refractivity contribution in [3.05, 3.63) is 50.6 Å². The number of hydrazone groups is 1. The number of aromatic nitrogens is 2. The van der Waals surface area contributed by atoms with Gasteiger partial charge in [-0.3, -0.25) is 14.6 Å². The molecule has 1 amide bonds. The SMILES string of the molecule is COc1ccc(/C=N\NC(=O)Cc2cc(=O)[nH]c(=S)[nH]2)cc1OC. The highest BCUT2D eigenvalue weighted by Gasteiger charge is 2.05. The van der Waals surface area contributed by atoms with Crippen molar-refractivity contribution in [1.29, 1.82) is 0 Å². The third-order valence-corrected chi connectivity index (χ3v) is 3.18. The van der Waals surface area contributed by atoms with Gasteiger partial charge < -0.3 is 14.5 Å². The van der Waals surface area contributed by atoms with Crippen molar-refractivity contribution in [2.45, 2.75) is 6.42 Å². The Morgan fingerprint density at radius 3 is 2.67 bits per heavy atom. The van der Waals surface area contributed by atoms with Crippen LogP contribution in [0.25, 0.3) is 0 Å². The first kappa shape index (κ1) is 17.4. The van der Waals surface area contributed by atoms with E-state index in [1.165, 1.54) is 19.4 Å². The molecule has 0 aliphatic heterocycles. The second kappa shape index (κ2) is 8.06. The number of benzene rings is 1. The van der Waals surface area contributed by atoms with Gasteiger partial charge in [0, 0.05) is 11.8 Å². The van der Waals surface area contributed by atoms with E-state index in [2.05, 4.69) is 20.5 Å². The van der Waals surface area contributed by atoms with Gasteiger partial charge in [0.25, 0.3) is 5.56 Å². The minimum Gasteiger partial charge on any atom is -0.493 e. The summed E-state index contributed by atoms with van der Waals surface area (Å²) < 4.78 is 10.5. The smallest absolute Gasteiger partial charge is 0.251 e. The predicted octanol–water partition coefficient (Wildman–Crippen LogP) is 1.14. The Balaban J connectivity index is 1.99. The van der Waals surface area contributed by atoms with Crippen LogP contribution in [0.4, 0.5) is 0 Å². The van der Waals surface area contributed by atoms with Crippen LogP contribution in [0.15, 0.2) is 34.2 Å². The van der Waals surface area contributed by atoms with Crippen LogP contribution >= 0.6 is 12.2 Å². The van der Waals surface area contributed by atoms with Crippen LogP contribution in [0, 0.1) is 4.77 Å². The van der Waals surface area contributed by atoms with Crippen molar-refractivity contribution in [1.82, 2.24) is 15.4 Å². The third-order valence-electron chi connectivity index (χ3n) is 2.98. The van der Waals surface area contributed by atoms with Crippen LogP contribution in [0.5, 0.6) is 11.5 Å². The molecule has 2 aromatic rings. The maximum Gasteiger partial charge on any atom is 0.251 e. The van der Waals surface area contributed by atoms with Gasteiger partial charge in [0.1, 0.15) is 0 Å². The normalized spacial score (nSPS) is 10.6. The molecule has 24 heavy (non-hydrogen) atoms. The topological polar surface area (TPSA) is 109 Å². The molecule has 8 nitrogen and oxygen atoms in total. The van der Waals surface area contributed by atoms with Crippen LogP contribution in [0.1, 0.15) is 11.3 Å². The minimum atomic E-state index is -0.386. The molecule has 0 bridgehead atoms. The number of carbonyl (C=O) groups is 1. The molecule has 0 radical (unpaired) electrons. The number of nitrogens with one attached hydrogen (secondary N) is 3. The van der Waals surface area contributed by atoms with Gasteiger partial charge >= 0.3 is 0 Å². The Morgan fingerprint density at radius 2 is 2.00 bits per heavy atom. The van der Waals surface area contributed by atoms with Crippen LogP contribution in [0.2, 0.25) is 0 Å². The maximum atomic E-state index is 11.8. The highest BCUT2D eigenvalue weighted by Crippen LogP contribution is 2.26. The third kappa shape index (κ3) is 4.78. The molecular weight excluding hydrogens is 332 g/mol. The molecule has 0 aliphatic rings. The quantitative estimate of drug-likeness (QED) is 0.412. The predicted molar refractivity (Wildman–Crippen MR) is 91.2 cm³/mol. The number of methoxy groups -OCH3 is 2. The minimum absolute atomic E-state index is 0.0448. The van der Waals surface area contributed by atoms with Gasteiger partial charge in [-0.15, -0.1) is 0 Å². The highest BCUT2D eigenvalue weighted by atomic mass is 32.1. The Hall–Kier alpha value is -2.94. The van der Waals surface area contributed by atoms with Crippen LogP contribution in [0.3, 0.4) is 0 Å². The van der Waals surface area contributed by atoms with Crippen molar-refractivity contribution in [2.24, 2.45) is 5.10 Å². The van der Waals surface area contributed by atoms with E-state index in [4.69, 9.17) is 21.7 Å². The summed E-state index contributed by atoms with van der Waals surface area (Å²) in [6.07, 6.45) is 1.43. The van der Waals surface area contributed by atoms with Crippen molar-refractivity contribution >= 4 is 24.3 Å². The number of hydrogen-bond acceptors (Lipinski definition) is 6. The van der Waals surface area contributed by atoms with E-state index in [0.29, 0.717) is 17.2 Å². The summed E-state index contributed by atoms with van der Waals surface area (Å²) in [5.74, 6) is 0.773. The summed E-state index contributed by atoms with van der Waals surface area (Å²) in [7, 11) is 3.08. The van der Waals surface area contributed by atoms with E-state index in [0.717, 1.165) is 5.56 Å². The van der Waals surface area contributed by atoms with E-state index in [-0.39, 0.29) is 22.7 Å². The Kier molecular flexibility index (Phi) is 5.85. The van der Waals surface area contributed by atoms with Gasteiger partial charge in [-0.2, -0.15) is 5.10 Å². The largest absolute Gasteiger partial charge is 0.493 e. The molecule has 1 heterocycles. The molecule has 2 rings (SSSR count). The molecule has 1 aromatic carbocycles. The van der Waals surface area contributed by atoms with Crippen molar-refractivity contribution in [3.63, 3.8) is 0 Å². The van der Waals surface area contributed by atoms with E-state index >= 15 is 0 Å². The first-order valence-corrected chi connectivity index (χ1v) is 7.29. The van der Waals surface area contributed by atoms with Crippen LogP contribution in [-0.2, 0) is 11.2 Å². The van der Waals surface area contributed by atoms with E-state index in [1.54, 1.807) is 25.3 Å². The number of hydrogen-bond donors (Lipinski definition) is 3. The molecule has 0 fully saturated rings. The lowest BCUT2D eigenvalue weighted by molar-refractivity contribution is -0.120. The highest BCUT2D eigenvalue weighted by molar-refractivity contribution is 7.71. The van der Waals surface area contributed by atoms with Gasteiger partial charge in [-0.05, 0) is 36.0 Å². The average molecular weight is 348 g/mol. The molecule has 3 N–H and O–H groups in total. The summed E-state index contributed by atoms with van der Waals surface area (Å²) in [6.45, 7) is 0. The maximum absolute atomic E-state index is 11.8. The summed E-state index contributed by atoms with van der Waals surface area (Å²) in [6, 6.07) is 6.50. The molecule has 0 saturated carbocycles. The van der Waals surface area contributed by atoms with Gasteiger partial charge in [0.15, 0.2) is 16.3 Å². The lowest BCUT2D eigenvalue weighted by Crippen LogP contribution is -2.21. The fourth-order valence-electron chi connectivity index (χ4n) is 1.94. The summed E-state index contributed by atoms with van der Waals surface area (Å²) in [5, 5.41) is 3.87. The fourth-order valence-corrected chi connectivity index (χ4v) is 2.17. The fraction of sp³-hybridized carbons (Fsp3) is 0.200. The second-order valence-electron chi connectivity index (χ2n) is 4.70. The molecule has 9 heteroatoms. The lowest BCUT2D eigenvalue weighted by Gasteiger charge is -2.07. The molecule has 126 valence electrons. The van der Waals surface area contributed by atoms with E-state index in [1.807, 2.05) is 0 Å². The zero-order valence-corrected chi connectivity index (χ0v) is 13.9. The monoisotopic (exact) mass is 348 g/mol. The average Bonchev–Trinajstić information content (AvgIpc) is 2.53. The number of rotatable bonds is 6. The van der Waals surface area contributed by atoms with Gasteiger partial charge in [-0.1, -0.05) is 0 Å². The van der Waals surface area contributed by atoms with Gasteiger partial charge in [0.05, 0.1) is 26.9 Å². The Morgan fingerprint density at radius 1 is 1.25 bits per heavy atom. The summed E-state index contributed by atoms with van der Waals surface area (Å²) in [5.41, 5.74) is 3.14. The number of carbonyl (C=O) groups excluding carboxylic acids is 1. The number of amides is 1. The van der Waals surface area contributed by atoms with Crippen molar-refractivity contribution in [3.8, 4) is 11.5 Å². The number of ether oxygens (including phenoxy) is 2. The van der Waals surface area contributed by atoms with Crippen molar-refractivity contribution in [2.75, 3.05) is 14.2 Å². The lowest BCUT2D eigenvalue weighted by atomic mass is 10.2. The van der Waals surface area contributed by atoms with E-state index < -0.39 is 0 Å². The molecule has 0 saturated heterocycles. The number of aromatic amines is 2. The van der Waals surface area contributed by atoms with Gasteiger partial charge in [0.2, 0.25) is 5.91 Å². The molecular formula is C15H16N4O4S. The van der Waals surface area contributed by atoms with Gasteiger partial charge in [-0.25, -0.2) is 5.43 Å². The molecule has 0 atom stereocenters. The summed E-state index contributed by atoms with van der Waals surface area (Å²) >= 11 is 4.84. The standard InChI is InChI=1S/C15H16N4O4S/c1-22-11-4-3-9(5-12(11)23-2)8-16-19-14(21)7-10-6-13(20)18-15(24)17-10/h3-6,8H,7H2,1-2H3,(H,19,21)(H2,17,18,20,24)/b16-8-. The van der Waals surface area contributed by atoms with Crippen LogP contribution in [-0.4, -0.2) is 36.3 Å². The van der Waals surface area contributed by atoms with Crippen molar-refractivity contribution < 1.29 is 14.3 Å². The van der Waals surface area contributed by atoms with E-state index in [9.17, 15) is 9.59 Å². The molecule has 0 unspecified atom stereocenters. The number of H-pyrrole nitrogens is 2. The Bertz CT molecular complexity index is 844. The zero-order chi connectivity index (χ0) is 17.5. The Labute approximate surface area is 142 Å². The molecule has 1 aromatic heterocycles. The zero-order valence-electron chi connectivity index (χ0n) is 13.1. The first-order valence-electron chi connectivity index (χ1n) is 6.88. The molecule has 0 spiro atoms. The number of nitrogens with zero attached hydrogens (tertiary/aromatic N) is 1. The second-order valence-corrected chi connectivity index (χ2v) is 5.11. The summed E-state index contributed by atoms with van der Waals surface area (Å²) in [4.78, 5) is 28.2. The van der Waals surface area contributed by atoms with Crippen LogP contribution < -0.4 is 20.5 Å². The molecule has 0 aliphatic carbocycles.